The molecule has 2 fully saturated rings. The molecule has 2 aliphatic rings. The Morgan fingerprint density at radius 1 is 1.00 bits per heavy atom. The first-order valence-corrected chi connectivity index (χ1v) is 9.85. The molecule has 0 radical (unpaired) electrons. The van der Waals surface area contributed by atoms with Gasteiger partial charge in [0.15, 0.2) is 11.5 Å². The van der Waals surface area contributed by atoms with E-state index in [0.29, 0.717) is 11.6 Å². The number of piperazine rings is 1. The average Bonchev–Trinajstić information content (AvgIpc) is 3.23. The number of aromatic amines is 1. The number of H-pyrrole nitrogens is 1. The molecule has 2 aliphatic heterocycles. The van der Waals surface area contributed by atoms with Crippen molar-refractivity contribution in [3.63, 3.8) is 0 Å². The van der Waals surface area contributed by atoms with Crippen molar-refractivity contribution < 1.29 is 4.74 Å². The van der Waals surface area contributed by atoms with Gasteiger partial charge in [0.2, 0.25) is 0 Å². The van der Waals surface area contributed by atoms with Gasteiger partial charge in [0.1, 0.15) is 23.5 Å². The number of imidazole rings is 1. The normalized spacial score (nSPS) is 18.8. The number of aromatic nitrogens is 6. The van der Waals surface area contributed by atoms with Crippen molar-refractivity contribution in [1.29, 1.82) is 0 Å². The lowest BCUT2D eigenvalue weighted by Crippen LogP contribution is -2.47. The molecule has 0 atom stereocenters. The maximum absolute atomic E-state index is 5.50. The van der Waals surface area contributed by atoms with Crippen LogP contribution >= 0.6 is 0 Å². The van der Waals surface area contributed by atoms with Crippen LogP contribution in [0.2, 0.25) is 0 Å². The Bertz CT molecular complexity index is 959. The van der Waals surface area contributed by atoms with Crippen molar-refractivity contribution in [3.8, 4) is 0 Å². The highest BCUT2D eigenvalue weighted by atomic mass is 16.5. The van der Waals surface area contributed by atoms with Gasteiger partial charge in [0.25, 0.3) is 0 Å². The van der Waals surface area contributed by atoms with E-state index in [1.165, 1.54) is 0 Å². The molecule has 146 valence electrons. The van der Waals surface area contributed by atoms with Crippen molar-refractivity contribution in [1.82, 2.24) is 29.9 Å². The van der Waals surface area contributed by atoms with Gasteiger partial charge in [-0.15, -0.1) is 0 Å². The first-order chi connectivity index (χ1) is 13.8. The first-order valence-electron chi connectivity index (χ1n) is 9.85. The summed E-state index contributed by atoms with van der Waals surface area (Å²) >= 11 is 0. The van der Waals surface area contributed by atoms with Crippen LogP contribution in [0.5, 0.6) is 0 Å². The summed E-state index contributed by atoms with van der Waals surface area (Å²) < 4.78 is 5.50. The molecule has 0 spiro atoms. The topological polar surface area (TPSA) is 96.0 Å². The molecule has 0 bridgehead atoms. The smallest absolute Gasteiger partial charge is 0.182 e. The standard InChI is InChI=1S/C19H24N8O/c1-13-24-15(14-2-8-28-9-3-14)10-16(25-13)26-4-6-27(7-5-26)19-17-18(21-11-20-17)22-12-23-19/h10-12,14H,2-9H2,1H3,(H,20,21,22,23). The highest BCUT2D eigenvalue weighted by Crippen LogP contribution is 2.28. The molecule has 0 aliphatic carbocycles. The van der Waals surface area contributed by atoms with Gasteiger partial charge in [-0.1, -0.05) is 0 Å². The molecule has 5 rings (SSSR count). The number of ether oxygens (including phenoxy) is 1. The van der Waals surface area contributed by atoms with Gasteiger partial charge in [-0.2, -0.15) is 0 Å². The largest absolute Gasteiger partial charge is 0.381 e. The van der Waals surface area contributed by atoms with Crippen molar-refractivity contribution in [2.24, 2.45) is 0 Å². The quantitative estimate of drug-likeness (QED) is 0.733. The predicted octanol–water partition coefficient (Wildman–Crippen LogP) is 1.67. The van der Waals surface area contributed by atoms with E-state index >= 15 is 0 Å². The van der Waals surface area contributed by atoms with Gasteiger partial charge >= 0.3 is 0 Å². The number of anilines is 2. The Kier molecular flexibility index (Phi) is 4.52. The number of nitrogens with one attached hydrogen (secondary N) is 1. The molecule has 2 saturated heterocycles. The second-order valence-electron chi connectivity index (χ2n) is 7.36. The molecular formula is C19H24N8O. The SMILES string of the molecule is Cc1nc(C2CCOCC2)cc(N2CCN(c3ncnc4nc[nH]c34)CC2)n1. The Labute approximate surface area is 163 Å². The van der Waals surface area contributed by atoms with E-state index < -0.39 is 0 Å². The summed E-state index contributed by atoms with van der Waals surface area (Å²) in [5.74, 6) is 3.27. The van der Waals surface area contributed by atoms with Crippen LogP contribution in [-0.4, -0.2) is 69.3 Å². The highest BCUT2D eigenvalue weighted by molar-refractivity contribution is 5.82. The Hall–Kier alpha value is -2.81. The molecule has 3 aromatic rings. The lowest BCUT2D eigenvalue weighted by molar-refractivity contribution is 0.0844. The molecule has 9 heteroatoms. The summed E-state index contributed by atoms with van der Waals surface area (Å²) in [5, 5.41) is 0. The van der Waals surface area contributed by atoms with Gasteiger partial charge in [-0.25, -0.2) is 24.9 Å². The van der Waals surface area contributed by atoms with Crippen molar-refractivity contribution in [2.75, 3.05) is 49.2 Å². The third-order valence-corrected chi connectivity index (χ3v) is 5.59. The second-order valence-corrected chi connectivity index (χ2v) is 7.36. The minimum absolute atomic E-state index is 0.477. The Morgan fingerprint density at radius 3 is 2.61 bits per heavy atom. The van der Waals surface area contributed by atoms with Crippen molar-refractivity contribution in [3.05, 3.63) is 30.2 Å². The third kappa shape index (κ3) is 3.26. The van der Waals surface area contributed by atoms with Crippen LogP contribution in [0.4, 0.5) is 11.6 Å². The average molecular weight is 380 g/mol. The highest BCUT2D eigenvalue weighted by Gasteiger charge is 2.24. The lowest BCUT2D eigenvalue weighted by Gasteiger charge is -2.36. The number of aryl methyl sites for hydroxylation is 1. The van der Waals surface area contributed by atoms with Crippen LogP contribution in [0, 0.1) is 6.92 Å². The lowest BCUT2D eigenvalue weighted by atomic mass is 9.96. The predicted molar refractivity (Wildman–Crippen MR) is 106 cm³/mol. The van der Waals surface area contributed by atoms with Gasteiger partial charge in [0.05, 0.1) is 6.33 Å². The fourth-order valence-electron chi connectivity index (χ4n) is 4.08. The van der Waals surface area contributed by atoms with Gasteiger partial charge < -0.3 is 19.5 Å². The van der Waals surface area contributed by atoms with E-state index in [1.54, 1.807) is 12.7 Å². The maximum Gasteiger partial charge on any atom is 0.182 e. The molecule has 28 heavy (non-hydrogen) atoms. The zero-order valence-corrected chi connectivity index (χ0v) is 16.0. The maximum atomic E-state index is 5.50. The minimum atomic E-state index is 0.477. The van der Waals surface area contributed by atoms with Gasteiger partial charge in [-0.05, 0) is 19.8 Å². The van der Waals surface area contributed by atoms with E-state index in [4.69, 9.17) is 14.7 Å². The first kappa shape index (κ1) is 17.3. The summed E-state index contributed by atoms with van der Waals surface area (Å²) in [6.45, 7) is 7.16. The zero-order valence-electron chi connectivity index (χ0n) is 16.0. The van der Waals surface area contributed by atoms with Crippen LogP contribution in [0.1, 0.15) is 30.3 Å². The van der Waals surface area contributed by atoms with Crippen LogP contribution < -0.4 is 9.80 Å². The molecule has 3 aromatic heterocycles. The van der Waals surface area contributed by atoms with E-state index in [1.807, 2.05) is 6.92 Å². The molecule has 5 heterocycles. The summed E-state index contributed by atoms with van der Waals surface area (Å²) in [6, 6.07) is 2.18. The van der Waals surface area contributed by atoms with Crippen LogP contribution in [0.25, 0.3) is 11.2 Å². The molecule has 1 N–H and O–H groups in total. The fraction of sp³-hybridized carbons (Fsp3) is 0.526. The van der Waals surface area contributed by atoms with Crippen molar-refractivity contribution >= 4 is 22.8 Å². The fourth-order valence-corrected chi connectivity index (χ4v) is 4.08. The van der Waals surface area contributed by atoms with E-state index in [2.05, 4.69) is 35.8 Å². The number of hydrogen-bond donors (Lipinski definition) is 1. The number of fused-ring (bicyclic) bond motifs is 1. The third-order valence-electron chi connectivity index (χ3n) is 5.59. The van der Waals surface area contributed by atoms with Crippen LogP contribution in [-0.2, 0) is 4.74 Å². The molecular weight excluding hydrogens is 356 g/mol. The van der Waals surface area contributed by atoms with Gasteiger partial charge in [-0.3, -0.25) is 0 Å². The summed E-state index contributed by atoms with van der Waals surface area (Å²) in [4.78, 5) is 30.1. The van der Waals surface area contributed by atoms with Gasteiger partial charge in [0, 0.05) is 57.1 Å². The Morgan fingerprint density at radius 2 is 1.79 bits per heavy atom. The van der Waals surface area contributed by atoms with Crippen molar-refractivity contribution in [2.45, 2.75) is 25.7 Å². The number of nitrogens with zero attached hydrogens (tertiary/aromatic N) is 7. The van der Waals surface area contributed by atoms with E-state index in [-0.39, 0.29) is 0 Å². The zero-order chi connectivity index (χ0) is 18.9. The molecule has 0 unspecified atom stereocenters. The molecule has 9 nitrogen and oxygen atoms in total. The van der Waals surface area contributed by atoms with Crippen LogP contribution in [0.15, 0.2) is 18.7 Å². The monoisotopic (exact) mass is 380 g/mol. The number of rotatable bonds is 3. The summed E-state index contributed by atoms with van der Waals surface area (Å²) in [7, 11) is 0. The van der Waals surface area contributed by atoms with Crippen LogP contribution in [0.3, 0.4) is 0 Å². The minimum Gasteiger partial charge on any atom is -0.381 e. The second kappa shape index (κ2) is 7.31. The van der Waals surface area contributed by atoms with E-state index in [0.717, 1.165) is 80.9 Å². The molecule has 0 saturated carbocycles. The Balaban J connectivity index is 1.33. The number of hydrogen-bond acceptors (Lipinski definition) is 8. The summed E-state index contributed by atoms with van der Waals surface area (Å²) in [5.41, 5.74) is 2.76. The molecule has 0 aromatic carbocycles. The van der Waals surface area contributed by atoms with E-state index in [9.17, 15) is 0 Å². The molecule has 0 amide bonds. The summed E-state index contributed by atoms with van der Waals surface area (Å²) in [6.07, 6.45) is 5.33.